The largest absolute Gasteiger partial charge is 0.493 e. The van der Waals surface area contributed by atoms with Gasteiger partial charge in [-0.1, -0.05) is 17.7 Å². The lowest BCUT2D eigenvalue weighted by Crippen LogP contribution is -2.07. The smallest absolute Gasteiger partial charge is 0.161 e. The number of methoxy groups -OCH3 is 2. The summed E-state index contributed by atoms with van der Waals surface area (Å²) in [7, 11) is 3.25. The summed E-state index contributed by atoms with van der Waals surface area (Å²) >= 11 is 9.25. The van der Waals surface area contributed by atoms with Crippen molar-refractivity contribution in [3.63, 3.8) is 0 Å². The number of hydrogen-bond donors (Lipinski definition) is 1. The average Bonchev–Trinajstić information content (AvgIpc) is 2.50. The molecule has 2 aromatic rings. The van der Waals surface area contributed by atoms with Crippen LogP contribution in [0.3, 0.4) is 0 Å². The molecule has 0 bridgehead atoms. The molecule has 0 saturated carbocycles. The molecular weight excluding hydrogens is 356 g/mol. The molecule has 1 aromatic carbocycles. The maximum atomic E-state index is 5.89. The monoisotopic (exact) mass is 370 g/mol. The van der Waals surface area contributed by atoms with Gasteiger partial charge in [-0.3, -0.25) is 0 Å². The maximum absolute atomic E-state index is 5.89. The number of hydrogen-bond acceptors (Lipinski definition) is 4. The number of nitrogens with one attached hydrogen (secondary N) is 1. The highest BCUT2D eigenvalue weighted by Crippen LogP contribution is 2.31. The van der Waals surface area contributed by atoms with E-state index in [-0.39, 0.29) is 6.04 Å². The van der Waals surface area contributed by atoms with Crippen LogP contribution in [0.5, 0.6) is 11.5 Å². The minimum absolute atomic E-state index is 0.0830. The predicted molar refractivity (Wildman–Crippen MR) is 88.5 cm³/mol. The molecule has 0 spiro atoms. The van der Waals surface area contributed by atoms with Crippen molar-refractivity contribution >= 4 is 33.2 Å². The number of pyridine rings is 1. The van der Waals surface area contributed by atoms with Crippen molar-refractivity contribution in [1.82, 2.24) is 4.98 Å². The van der Waals surface area contributed by atoms with E-state index < -0.39 is 0 Å². The van der Waals surface area contributed by atoms with E-state index in [0.29, 0.717) is 16.7 Å². The molecule has 0 aliphatic carbocycles. The van der Waals surface area contributed by atoms with Crippen LogP contribution >= 0.6 is 27.5 Å². The maximum Gasteiger partial charge on any atom is 0.161 e. The van der Waals surface area contributed by atoms with Crippen molar-refractivity contribution in [3.8, 4) is 11.5 Å². The molecular formula is C15H16BrClN2O2. The lowest BCUT2D eigenvalue weighted by Gasteiger charge is -2.17. The Morgan fingerprint density at radius 3 is 2.52 bits per heavy atom. The van der Waals surface area contributed by atoms with E-state index in [1.165, 1.54) is 0 Å². The molecule has 21 heavy (non-hydrogen) atoms. The van der Waals surface area contributed by atoms with Crippen LogP contribution in [-0.2, 0) is 0 Å². The van der Waals surface area contributed by atoms with Gasteiger partial charge in [-0.2, -0.15) is 0 Å². The van der Waals surface area contributed by atoms with Gasteiger partial charge >= 0.3 is 0 Å². The van der Waals surface area contributed by atoms with Crippen molar-refractivity contribution < 1.29 is 9.47 Å². The van der Waals surface area contributed by atoms with Crippen LogP contribution in [0.4, 0.5) is 5.69 Å². The lowest BCUT2D eigenvalue weighted by molar-refractivity contribution is 0.354. The lowest BCUT2D eigenvalue weighted by atomic mass is 10.1. The number of halogens is 2. The third-order valence-electron chi connectivity index (χ3n) is 3.09. The molecule has 0 aliphatic heterocycles. The predicted octanol–water partition coefficient (Wildman–Crippen LogP) is 4.69. The summed E-state index contributed by atoms with van der Waals surface area (Å²) in [4.78, 5) is 4.10. The number of benzene rings is 1. The second-order valence-electron chi connectivity index (χ2n) is 4.48. The van der Waals surface area contributed by atoms with Gasteiger partial charge in [0.1, 0.15) is 5.15 Å². The topological polar surface area (TPSA) is 43.4 Å². The molecule has 0 radical (unpaired) electrons. The molecule has 1 atom stereocenters. The molecule has 0 fully saturated rings. The minimum Gasteiger partial charge on any atom is -0.493 e. The molecule has 1 unspecified atom stereocenters. The molecule has 0 aliphatic rings. The molecule has 1 aromatic heterocycles. The first kappa shape index (κ1) is 15.9. The summed E-state index contributed by atoms with van der Waals surface area (Å²) in [6.45, 7) is 2.06. The summed E-state index contributed by atoms with van der Waals surface area (Å²) in [6.07, 6.45) is 1.70. The molecule has 2 rings (SSSR count). The zero-order valence-corrected chi connectivity index (χ0v) is 14.3. The second-order valence-corrected chi connectivity index (χ2v) is 5.69. The van der Waals surface area contributed by atoms with Crippen LogP contribution in [0, 0.1) is 0 Å². The van der Waals surface area contributed by atoms with Crippen LogP contribution < -0.4 is 14.8 Å². The Balaban J connectivity index is 2.19. The first-order valence-corrected chi connectivity index (χ1v) is 7.51. The molecule has 1 N–H and O–H groups in total. The van der Waals surface area contributed by atoms with Crippen molar-refractivity contribution in [3.05, 3.63) is 45.7 Å². The Morgan fingerprint density at radius 1 is 1.19 bits per heavy atom. The third-order valence-corrected chi connectivity index (χ3v) is 4.22. The van der Waals surface area contributed by atoms with E-state index in [1.807, 2.05) is 24.3 Å². The Kier molecular flexibility index (Phi) is 5.31. The minimum atomic E-state index is 0.0830. The molecule has 1 heterocycles. The summed E-state index contributed by atoms with van der Waals surface area (Å²) in [6, 6.07) is 7.82. The molecule has 4 nitrogen and oxygen atoms in total. The standard InChI is InChI=1S/C15H16BrClN2O2/c1-9(19-11-7-12(16)15(17)18-8-11)10-4-5-13(20-2)14(6-10)21-3/h4-9,19H,1-3H3. The Labute approximate surface area is 137 Å². The number of rotatable bonds is 5. The van der Waals surface area contributed by atoms with Gasteiger partial charge in [0.2, 0.25) is 0 Å². The second kappa shape index (κ2) is 7.00. The highest BCUT2D eigenvalue weighted by molar-refractivity contribution is 9.10. The zero-order valence-electron chi connectivity index (χ0n) is 12.0. The van der Waals surface area contributed by atoms with Crippen molar-refractivity contribution in [2.45, 2.75) is 13.0 Å². The summed E-state index contributed by atoms with van der Waals surface area (Å²) in [5.74, 6) is 1.42. The molecule has 112 valence electrons. The fourth-order valence-electron chi connectivity index (χ4n) is 1.96. The van der Waals surface area contributed by atoms with Gasteiger partial charge in [-0.05, 0) is 46.6 Å². The highest BCUT2D eigenvalue weighted by Gasteiger charge is 2.11. The number of anilines is 1. The van der Waals surface area contributed by atoms with E-state index in [4.69, 9.17) is 21.1 Å². The summed E-state index contributed by atoms with van der Waals surface area (Å²) in [5.41, 5.74) is 1.97. The quantitative estimate of drug-likeness (QED) is 0.775. The van der Waals surface area contributed by atoms with Crippen LogP contribution in [0.1, 0.15) is 18.5 Å². The number of nitrogens with zero attached hydrogens (tertiary/aromatic N) is 1. The van der Waals surface area contributed by atoms with Crippen LogP contribution in [0.2, 0.25) is 5.15 Å². The third kappa shape index (κ3) is 3.80. The van der Waals surface area contributed by atoms with Crippen LogP contribution in [-0.4, -0.2) is 19.2 Å². The Hall–Kier alpha value is -1.46. The van der Waals surface area contributed by atoms with Gasteiger partial charge in [-0.15, -0.1) is 0 Å². The number of ether oxygens (including phenoxy) is 2. The summed E-state index contributed by atoms with van der Waals surface area (Å²) in [5, 5.41) is 3.81. The van der Waals surface area contributed by atoms with E-state index in [0.717, 1.165) is 15.7 Å². The van der Waals surface area contributed by atoms with Gasteiger partial charge < -0.3 is 14.8 Å². The molecule has 0 saturated heterocycles. The number of aromatic nitrogens is 1. The van der Waals surface area contributed by atoms with Gasteiger partial charge in [0, 0.05) is 6.04 Å². The normalized spacial score (nSPS) is 11.9. The Bertz CT molecular complexity index is 637. The van der Waals surface area contributed by atoms with Gasteiger partial charge in [0.15, 0.2) is 11.5 Å². The van der Waals surface area contributed by atoms with Crippen LogP contribution in [0.25, 0.3) is 0 Å². The first-order valence-electron chi connectivity index (χ1n) is 6.34. The first-order chi connectivity index (χ1) is 10.0. The highest BCUT2D eigenvalue weighted by atomic mass is 79.9. The van der Waals surface area contributed by atoms with Gasteiger partial charge in [-0.25, -0.2) is 4.98 Å². The molecule has 0 amide bonds. The fraction of sp³-hybridized carbons (Fsp3) is 0.267. The van der Waals surface area contributed by atoms with E-state index in [9.17, 15) is 0 Å². The van der Waals surface area contributed by atoms with Crippen molar-refractivity contribution in [2.75, 3.05) is 19.5 Å². The zero-order chi connectivity index (χ0) is 15.4. The van der Waals surface area contributed by atoms with Crippen molar-refractivity contribution in [2.24, 2.45) is 0 Å². The molecule has 6 heteroatoms. The SMILES string of the molecule is COc1ccc(C(C)Nc2cnc(Cl)c(Br)c2)cc1OC. The Morgan fingerprint density at radius 2 is 1.90 bits per heavy atom. The average molecular weight is 372 g/mol. The fourth-order valence-corrected chi connectivity index (χ4v) is 2.41. The van der Waals surface area contributed by atoms with Gasteiger partial charge in [0.25, 0.3) is 0 Å². The van der Waals surface area contributed by atoms with E-state index in [1.54, 1.807) is 20.4 Å². The summed E-state index contributed by atoms with van der Waals surface area (Å²) < 4.78 is 11.3. The van der Waals surface area contributed by atoms with E-state index >= 15 is 0 Å². The van der Waals surface area contributed by atoms with Crippen LogP contribution in [0.15, 0.2) is 34.9 Å². The van der Waals surface area contributed by atoms with Crippen molar-refractivity contribution in [1.29, 1.82) is 0 Å². The van der Waals surface area contributed by atoms with Gasteiger partial charge in [0.05, 0.1) is 30.6 Å². The van der Waals surface area contributed by atoms with E-state index in [2.05, 4.69) is 33.2 Å².